The van der Waals surface area contributed by atoms with Crippen molar-refractivity contribution in [3.05, 3.63) is 42.0 Å². The number of hydrogen-bond donors (Lipinski definition) is 0. The van der Waals surface area contributed by atoms with E-state index in [4.69, 9.17) is 9.51 Å². The van der Waals surface area contributed by atoms with Crippen molar-refractivity contribution in [1.29, 1.82) is 0 Å². The van der Waals surface area contributed by atoms with E-state index in [1.165, 1.54) is 24.4 Å². The highest BCUT2D eigenvalue weighted by Crippen LogP contribution is 2.40. The van der Waals surface area contributed by atoms with Gasteiger partial charge >= 0.3 is 0 Å². The molecule has 7 heteroatoms. The Labute approximate surface area is 150 Å². The summed E-state index contributed by atoms with van der Waals surface area (Å²) in [6.45, 7) is 1.92. The van der Waals surface area contributed by atoms with Gasteiger partial charge in [-0.25, -0.2) is 0 Å². The first kappa shape index (κ1) is 15.0. The van der Waals surface area contributed by atoms with E-state index in [1.807, 2.05) is 30.3 Å². The SMILES string of the molecule is c1ccc(-c2nsc(N3CCC(c4noc(C5CC5)n4)CC3)n2)cc1. The third kappa shape index (κ3) is 3.04. The Morgan fingerprint density at radius 2 is 1.76 bits per heavy atom. The van der Waals surface area contributed by atoms with E-state index in [1.54, 1.807) is 0 Å². The van der Waals surface area contributed by atoms with Crippen LogP contribution in [0.1, 0.15) is 49.2 Å². The minimum absolute atomic E-state index is 0.397. The fraction of sp³-hybridized carbons (Fsp3) is 0.444. The second kappa shape index (κ2) is 6.22. The minimum Gasteiger partial charge on any atom is -0.347 e. The predicted molar refractivity (Wildman–Crippen MR) is 95.8 cm³/mol. The van der Waals surface area contributed by atoms with Gasteiger partial charge in [-0.2, -0.15) is 14.3 Å². The van der Waals surface area contributed by atoms with Crippen molar-refractivity contribution < 1.29 is 4.52 Å². The number of piperidine rings is 1. The molecule has 0 unspecified atom stereocenters. The van der Waals surface area contributed by atoms with Gasteiger partial charge in [-0.15, -0.1) is 0 Å². The number of nitrogens with zero attached hydrogens (tertiary/aromatic N) is 5. The first-order chi connectivity index (χ1) is 12.4. The van der Waals surface area contributed by atoms with E-state index < -0.39 is 0 Å². The van der Waals surface area contributed by atoms with Crippen LogP contribution in [0.2, 0.25) is 0 Å². The molecule has 2 aromatic heterocycles. The van der Waals surface area contributed by atoms with Gasteiger partial charge in [0.25, 0.3) is 0 Å². The summed E-state index contributed by atoms with van der Waals surface area (Å²) in [5.74, 6) is 3.47. The smallest absolute Gasteiger partial charge is 0.229 e. The van der Waals surface area contributed by atoms with Gasteiger partial charge in [0.2, 0.25) is 11.0 Å². The summed E-state index contributed by atoms with van der Waals surface area (Å²) in [4.78, 5) is 11.7. The molecule has 2 aliphatic rings. The van der Waals surface area contributed by atoms with E-state index in [0.29, 0.717) is 11.8 Å². The zero-order valence-electron chi connectivity index (χ0n) is 13.8. The maximum absolute atomic E-state index is 5.41. The molecule has 3 aromatic rings. The molecule has 0 radical (unpaired) electrons. The molecular formula is C18H19N5OS. The number of aromatic nitrogens is 4. The molecule has 0 N–H and O–H groups in total. The minimum atomic E-state index is 0.397. The van der Waals surface area contributed by atoms with Crippen LogP contribution in [0.5, 0.6) is 0 Å². The summed E-state index contributed by atoms with van der Waals surface area (Å²) in [6, 6.07) is 10.1. The molecule has 1 saturated carbocycles. The normalized spacial score (nSPS) is 18.6. The molecule has 128 valence electrons. The summed E-state index contributed by atoms with van der Waals surface area (Å²) < 4.78 is 9.93. The van der Waals surface area contributed by atoms with Crippen molar-refractivity contribution in [3.63, 3.8) is 0 Å². The van der Waals surface area contributed by atoms with Gasteiger partial charge in [-0.3, -0.25) is 0 Å². The second-order valence-electron chi connectivity index (χ2n) is 6.79. The molecule has 1 saturated heterocycles. The largest absolute Gasteiger partial charge is 0.347 e. The monoisotopic (exact) mass is 353 g/mol. The molecule has 0 spiro atoms. The summed E-state index contributed by atoms with van der Waals surface area (Å²) in [5, 5.41) is 5.22. The van der Waals surface area contributed by atoms with Gasteiger partial charge in [0.15, 0.2) is 11.6 Å². The quantitative estimate of drug-likeness (QED) is 0.710. The maximum Gasteiger partial charge on any atom is 0.229 e. The van der Waals surface area contributed by atoms with Gasteiger partial charge in [-0.1, -0.05) is 35.5 Å². The van der Waals surface area contributed by atoms with Crippen molar-refractivity contribution in [2.75, 3.05) is 18.0 Å². The van der Waals surface area contributed by atoms with Crippen molar-refractivity contribution in [2.45, 2.75) is 37.5 Å². The van der Waals surface area contributed by atoms with Crippen molar-refractivity contribution >= 4 is 16.7 Å². The zero-order valence-corrected chi connectivity index (χ0v) is 14.7. The standard InChI is InChI=1S/C18H19N5OS/c1-2-4-12(5-3-1)16-20-18(25-22-16)23-10-8-13(9-11-23)15-19-17(24-21-15)14-6-7-14/h1-5,13-14H,6-11H2. The molecule has 0 bridgehead atoms. The van der Waals surface area contributed by atoms with Crippen molar-refractivity contribution in [3.8, 4) is 11.4 Å². The Bertz CT molecular complexity index is 849. The lowest BCUT2D eigenvalue weighted by Gasteiger charge is -2.29. The molecule has 2 fully saturated rings. The number of hydrogen-bond acceptors (Lipinski definition) is 7. The molecule has 6 nitrogen and oxygen atoms in total. The Kier molecular flexibility index (Phi) is 3.73. The van der Waals surface area contributed by atoms with Crippen LogP contribution in [0.3, 0.4) is 0 Å². The summed E-state index contributed by atoms with van der Waals surface area (Å²) in [5.41, 5.74) is 1.07. The summed E-state index contributed by atoms with van der Waals surface area (Å²) in [6.07, 6.45) is 4.45. The van der Waals surface area contributed by atoms with Crippen molar-refractivity contribution in [2.24, 2.45) is 0 Å². The molecule has 25 heavy (non-hydrogen) atoms. The first-order valence-electron chi connectivity index (χ1n) is 8.84. The van der Waals surface area contributed by atoms with Crippen LogP contribution in [0.15, 0.2) is 34.9 Å². The molecule has 5 rings (SSSR count). The molecule has 1 aliphatic heterocycles. The Balaban J connectivity index is 1.25. The lowest BCUT2D eigenvalue weighted by molar-refractivity contribution is 0.365. The van der Waals surface area contributed by atoms with Crippen molar-refractivity contribution in [1.82, 2.24) is 19.5 Å². The van der Waals surface area contributed by atoms with Crippen LogP contribution >= 0.6 is 11.5 Å². The maximum atomic E-state index is 5.41. The number of benzene rings is 1. The third-order valence-electron chi connectivity index (χ3n) is 4.96. The first-order valence-corrected chi connectivity index (χ1v) is 9.62. The molecule has 1 aliphatic carbocycles. The number of anilines is 1. The highest BCUT2D eigenvalue weighted by Gasteiger charge is 2.32. The van der Waals surface area contributed by atoms with E-state index in [-0.39, 0.29) is 0 Å². The molecular weight excluding hydrogens is 334 g/mol. The average Bonchev–Trinajstić information content (AvgIpc) is 3.21. The van der Waals surface area contributed by atoms with Crippen LogP contribution in [-0.2, 0) is 0 Å². The molecule has 1 aromatic carbocycles. The lowest BCUT2D eigenvalue weighted by atomic mass is 9.96. The van der Waals surface area contributed by atoms with Gasteiger partial charge in [-0.05, 0) is 25.7 Å². The van der Waals surface area contributed by atoms with Gasteiger partial charge in [0.1, 0.15) is 0 Å². The predicted octanol–water partition coefficient (Wildman–Crippen LogP) is 3.85. The molecule has 3 heterocycles. The van der Waals surface area contributed by atoms with Gasteiger partial charge in [0, 0.05) is 42.0 Å². The Hall–Kier alpha value is -2.28. The third-order valence-corrected chi connectivity index (χ3v) is 5.74. The second-order valence-corrected chi connectivity index (χ2v) is 7.52. The Morgan fingerprint density at radius 1 is 0.960 bits per heavy atom. The molecule has 0 amide bonds. The number of rotatable bonds is 4. The summed E-state index contributed by atoms with van der Waals surface area (Å²) >= 11 is 1.48. The highest BCUT2D eigenvalue weighted by molar-refractivity contribution is 7.09. The van der Waals surface area contributed by atoms with Crippen LogP contribution in [0.25, 0.3) is 11.4 Å². The van der Waals surface area contributed by atoms with Gasteiger partial charge < -0.3 is 9.42 Å². The topological polar surface area (TPSA) is 67.9 Å². The molecule has 0 atom stereocenters. The fourth-order valence-corrected chi connectivity index (χ4v) is 4.03. The average molecular weight is 353 g/mol. The van der Waals surface area contributed by atoms with E-state index in [2.05, 4.69) is 19.4 Å². The lowest BCUT2D eigenvalue weighted by Crippen LogP contribution is -2.33. The van der Waals surface area contributed by atoms with E-state index in [0.717, 1.165) is 54.2 Å². The fourth-order valence-electron chi connectivity index (χ4n) is 3.29. The van der Waals surface area contributed by atoms with Crippen LogP contribution in [0.4, 0.5) is 5.13 Å². The van der Waals surface area contributed by atoms with Gasteiger partial charge in [0.05, 0.1) is 0 Å². The summed E-state index contributed by atoms with van der Waals surface area (Å²) in [7, 11) is 0. The zero-order chi connectivity index (χ0) is 16.6. The van der Waals surface area contributed by atoms with Crippen LogP contribution < -0.4 is 4.90 Å². The van der Waals surface area contributed by atoms with E-state index in [9.17, 15) is 0 Å². The Morgan fingerprint density at radius 3 is 2.52 bits per heavy atom. The van der Waals surface area contributed by atoms with Crippen LogP contribution in [-0.4, -0.2) is 32.6 Å². The highest BCUT2D eigenvalue weighted by atomic mass is 32.1. The van der Waals surface area contributed by atoms with Crippen LogP contribution in [0, 0.1) is 0 Å². The van der Waals surface area contributed by atoms with E-state index >= 15 is 0 Å².